The van der Waals surface area contributed by atoms with Gasteiger partial charge >= 0.3 is 5.97 Å². The van der Waals surface area contributed by atoms with E-state index in [0.29, 0.717) is 0 Å². The Morgan fingerprint density at radius 3 is 2.16 bits per heavy atom. The Labute approximate surface area is 113 Å². The molecule has 0 aliphatic carbocycles. The Morgan fingerprint density at radius 2 is 1.74 bits per heavy atom. The van der Waals surface area contributed by atoms with Gasteiger partial charge in [0.25, 0.3) is 0 Å². The van der Waals surface area contributed by atoms with Crippen LogP contribution in [0.25, 0.3) is 0 Å². The molecule has 1 rings (SSSR count). The van der Waals surface area contributed by atoms with Crippen molar-refractivity contribution in [3.63, 3.8) is 0 Å². The van der Waals surface area contributed by atoms with Gasteiger partial charge < -0.3 is 10.4 Å². The lowest BCUT2D eigenvalue weighted by Crippen LogP contribution is -2.45. The van der Waals surface area contributed by atoms with Gasteiger partial charge in [0.1, 0.15) is 6.04 Å². The number of benzene rings is 1. The SMILES string of the molecule is Cc1cccc(C)c1CC(=O)N[C@H](C(=O)O)C(C)C. The molecule has 1 aromatic rings. The lowest BCUT2D eigenvalue weighted by atomic mass is 9.99. The first-order valence-electron chi connectivity index (χ1n) is 6.40. The zero-order chi connectivity index (χ0) is 14.6. The van der Waals surface area contributed by atoms with Crippen molar-refractivity contribution in [2.75, 3.05) is 0 Å². The van der Waals surface area contributed by atoms with Gasteiger partial charge in [0.2, 0.25) is 5.91 Å². The van der Waals surface area contributed by atoms with Crippen LogP contribution in [0, 0.1) is 19.8 Å². The highest BCUT2D eigenvalue weighted by atomic mass is 16.4. The number of carboxylic acids is 1. The summed E-state index contributed by atoms with van der Waals surface area (Å²) in [6.07, 6.45) is 0.217. The van der Waals surface area contributed by atoms with Crippen molar-refractivity contribution in [1.29, 1.82) is 0 Å². The van der Waals surface area contributed by atoms with Gasteiger partial charge in [-0.2, -0.15) is 0 Å². The summed E-state index contributed by atoms with van der Waals surface area (Å²) in [5, 5.41) is 11.6. The fourth-order valence-corrected chi connectivity index (χ4v) is 2.03. The summed E-state index contributed by atoms with van der Waals surface area (Å²) >= 11 is 0. The van der Waals surface area contributed by atoms with Crippen molar-refractivity contribution in [1.82, 2.24) is 5.32 Å². The monoisotopic (exact) mass is 263 g/mol. The lowest BCUT2D eigenvalue weighted by Gasteiger charge is -2.18. The second-order valence-corrected chi connectivity index (χ2v) is 5.17. The first-order valence-corrected chi connectivity index (χ1v) is 6.40. The van der Waals surface area contributed by atoms with Crippen LogP contribution >= 0.6 is 0 Å². The first-order chi connectivity index (χ1) is 8.82. The molecule has 1 amide bonds. The van der Waals surface area contributed by atoms with Crippen LogP contribution in [0.1, 0.15) is 30.5 Å². The topological polar surface area (TPSA) is 66.4 Å². The average molecular weight is 263 g/mol. The predicted molar refractivity (Wildman–Crippen MR) is 74.0 cm³/mol. The smallest absolute Gasteiger partial charge is 0.326 e. The molecule has 0 spiro atoms. The van der Waals surface area contributed by atoms with E-state index in [1.807, 2.05) is 32.0 Å². The van der Waals surface area contributed by atoms with Gasteiger partial charge in [0, 0.05) is 0 Å². The second kappa shape index (κ2) is 6.36. The van der Waals surface area contributed by atoms with Gasteiger partial charge in [-0.05, 0) is 36.5 Å². The number of hydrogen-bond donors (Lipinski definition) is 2. The molecule has 0 aliphatic heterocycles. The minimum Gasteiger partial charge on any atom is -0.480 e. The molecule has 4 nitrogen and oxygen atoms in total. The quantitative estimate of drug-likeness (QED) is 0.854. The molecule has 19 heavy (non-hydrogen) atoms. The van der Waals surface area contributed by atoms with Crippen molar-refractivity contribution < 1.29 is 14.7 Å². The van der Waals surface area contributed by atoms with Gasteiger partial charge in [-0.15, -0.1) is 0 Å². The van der Waals surface area contributed by atoms with Crippen molar-refractivity contribution in [3.8, 4) is 0 Å². The summed E-state index contributed by atoms with van der Waals surface area (Å²) in [6, 6.07) is 5.01. The molecular weight excluding hydrogens is 242 g/mol. The van der Waals surface area contributed by atoms with E-state index >= 15 is 0 Å². The number of rotatable bonds is 5. The highest BCUT2D eigenvalue weighted by Gasteiger charge is 2.23. The second-order valence-electron chi connectivity index (χ2n) is 5.17. The molecule has 0 fully saturated rings. The van der Waals surface area contributed by atoms with E-state index in [0.717, 1.165) is 16.7 Å². The summed E-state index contributed by atoms with van der Waals surface area (Å²) in [7, 11) is 0. The van der Waals surface area contributed by atoms with E-state index in [1.54, 1.807) is 13.8 Å². The maximum atomic E-state index is 12.0. The van der Waals surface area contributed by atoms with E-state index in [2.05, 4.69) is 5.32 Å². The molecule has 0 aromatic heterocycles. The number of carbonyl (C=O) groups excluding carboxylic acids is 1. The van der Waals surface area contributed by atoms with E-state index < -0.39 is 12.0 Å². The lowest BCUT2D eigenvalue weighted by molar-refractivity contribution is -0.143. The molecule has 0 saturated carbocycles. The van der Waals surface area contributed by atoms with Crippen LogP contribution in [-0.2, 0) is 16.0 Å². The third-order valence-corrected chi connectivity index (χ3v) is 3.23. The van der Waals surface area contributed by atoms with Crippen LogP contribution in [0.4, 0.5) is 0 Å². The summed E-state index contributed by atoms with van der Waals surface area (Å²) in [5.74, 6) is -1.39. The molecule has 104 valence electrons. The zero-order valence-corrected chi connectivity index (χ0v) is 11.9. The van der Waals surface area contributed by atoms with Crippen LogP contribution in [0.5, 0.6) is 0 Å². The third-order valence-electron chi connectivity index (χ3n) is 3.23. The van der Waals surface area contributed by atoms with Gasteiger partial charge in [0.15, 0.2) is 0 Å². The number of hydrogen-bond acceptors (Lipinski definition) is 2. The molecule has 0 unspecified atom stereocenters. The average Bonchev–Trinajstić information content (AvgIpc) is 2.30. The molecule has 4 heteroatoms. The van der Waals surface area contributed by atoms with Gasteiger partial charge in [0.05, 0.1) is 6.42 Å². The van der Waals surface area contributed by atoms with Crippen LogP contribution in [0.2, 0.25) is 0 Å². The van der Waals surface area contributed by atoms with Crippen molar-refractivity contribution in [3.05, 3.63) is 34.9 Å². The summed E-state index contributed by atoms with van der Waals surface area (Å²) in [4.78, 5) is 23.0. The molecule has 1 aromatic carbocycles. The Kier molecular flexibility index (Phi) is 5.10. The Balaban J connectivity index is 2.78. The molecule has 2 N–H and O–H groups in total. The third kappa shape index (κ3) is 4.09. The number of carboxylic acid groups (broad SMARTS) is 1. The van der Waals surface area contributed by atoms with E-state index in [4.69, 9.17) is 5.11 Å². The van der Waals surface area contributed by atoms with Crippen LogP contribution in [0.15, 0.2) is 18.2 Å². The Hall–Kier alpha value is -1.84. The maximum Gasteiger partial charge on any atom is 0.326 e. The minimum absolute atomic E-state index is 0.139. The Bertz CT molecular complexity index is 460. The Morgan fingerprint density at radius 1 is 1.21 bits per heavy atom. The summed E-state index contributed by atoms with van der Waals surface area (Å²) in [5.41, 5.74) is 3.06. The van der Waals surface area contributed by atoms with E-state index in [1.165, 1.54) is 0 Å². The molecule has 0 radical (unpaired) electrons. The van der Waals surface area contributed by atoms with Gasteiger partial charge in [-0.1, -0.05) is 32.0 Å². The first kappa shape index (κ1) is 15.2. The summed E-state index contributed by atoms with van der Waals surface area (Å²) < 4.78 is 0. The fraction of sp³-hybridized carbons (Fsp3) is 0.467. The number of aryl methyl sites for hydroxylation is 2. The summed E-state index contributed by atoms with van der Waals surface area (Å²) in [6.45, 7) is 7.45. The van der Waals surface area contributed by atoms with Crippen LogP contribution in [0.3, 0.4) is 0 Å². The zero-order valence-electron chi connectivity index (χ0n) is 11.9. The van der Waals surface area contributed by atoms with Gasteiger partial charge in [-0.3, -0.25) is 4.79 Å². The van der Waals surface area contributed by atoms with Crippen molar-refractivity contribution in [2.24, 2.45) is 5.92 Å². The van der Waals surface area contributed by atoms with E-state index in [-0.39, 0.29) is 18.2 Å². The number of amides is 1. The fourth-order valence-electron chi connectivity index (χ4n) is 2.03. The largest absolute Gasteiger partial charge is 0.480 e. The van der Waals surface area contributed by atoms with Crippen LogP contribution in [-0.4, -0.2) is 23.0 Å². The maximum absolute atomic E-state index is 12.0. The molecule has 0 aliphatic rings. The van der Waals surface area contributed by atoms with Gasteiger partial charge in [-0.25, -0.2) is 4.79 Å². The minimum atomic E-state index is -0.996. The number of aliphatic carboxylic acids is 1. The van der Waals surface area contributed by atoms with Crippen molar-refractivity contribution in [2.45, 2.75) is 40.2 Å². The molecular formula is C15H21NO3. The highest BCUT2D eigenvalue weighted by molar-refractivity contribution is 5.85. The molecule has 0 heterocycles. The molecule has 0 bridgehead atoms. The molecule has 0 saturated heterocycles. The highest BCUT2D eigenvalue weighted by Crippen LogP contribution is 2.14. The standard InChI is InChI=1S/C15H21NO3/c1-9(2)14(15(18)19)16-13(17)8-12-10(3)6-5-7-11(12)4/h5-7,9,14H,8H2,1-4H3,(H,16,17)(H,18,19)/t14-/m0/s1. The number of carbonyl (C=O) groups is 2. The predicted octanol–water partition coefficient (Wildman–Crippen LogP) is 2.07. The van der Waals surface area contributed by atoms with Crippen LogP contribution < -0.4 is 5.32 Å². The van der Waals surface area contributed by atoms with E-state index in [9.17, 15) is 9.59 Å². The molecule has 1 atom stereocenters. The number of nitrogens with one attached hydrogen (secondary N) is 1. The van der Waals surface area contributed by atoms with Crippen molar-refractivity contribution >= 4 is 11.9 Å². The normalized spacial score (nSPS) is 12.3.